The number of esters is 1. The predicted molar refractivity (Wildman–Crippen MR) is 129 cm³/mol. The average molecular weight is 448 g/mol. The van der Waals surface area contributed by atoms with Crippen molar-refractivity contribution < 1.29 is 19.1 Å². The van der Waals surface area contributed by atoms with Crippen molar-refractivity contribution in [3.05, 3.63) is 82.4 Å². The molecule has 2 aromatic carbocycles. The van der Waals surface area contributed by atoms with E-state index in [1.54, 1.807) is 18.2 Å². The van der Waals surface area contributed by atoms with Crippen LogP contribution in [0.5, 0.6) is 0 Å². The molecule has 0 saturated heterocycles. The van der Waals surface area contributed by atoms with E-state index in [4.69, 9.17) is 4.74 Å². The molecule has 0 unspecified atom stereocenters. The number of amides is 2. The van der Waals surface area contributed by atoms with Gasteiger partial charge in [-0.25, -0.2) is 0 Å². The number of rotatable bonds is 13. The summed E-state index contributed by atoms with van der Waals surface area (Å²) in [4.78, 5) is 36.2. The van der Waals surface area contributed by atoms with E-state index in [1.807, 2.05) is 12.1 Å². The van der Waals surface area contributed by atoms with E-state index in [0.717, 1.165) is 24.8 Å². The van der Waals surface area contributed by atoms with E-state index < -0.39 is 17.8 Å². The first-order valence-electron chi connectivity index (χ1n) is 11.9. The fourth-order valence-corrected chi connectivity index (χ4v) is 4.28. The number of hydrogen-bond donors (Lipinski definition) is 1. The third kappa shape index (κ3) is 6.64. The molecule has 0 aromatic heterocycles. The molecule has 0 fully saturated rings. The standard InChI is InChI=1S/C28H33NO4/c1-3-5-6-7-8-9-10-12-22-16-15-20(17-21(22)4-2)19-33-25(30)18-23-13-11-14-24-26(23)28(32)29-27(24)31/h3,11,13-17H,1,4-10,12,18-19H2,2H3,(H,29,31,32). The lowest BCUT2D eigenvalue weighted by molar-refractivity contribution is -0.144. The first-order chi connectivity index (χ1) is 16.0. The molecule has 1 aliphatic heterocycles. The highest BCUT2D eigenvalue weighted by Crippen LogP contribution is 2.21. The molecule has 1 heterocycles. The van der Waals surface area contributed by atoms with Crippen molar-refractivity contribution >= 4 is 17.8 Å². The maximum absolute atomic E-state index is 12.4. The minimum atomic E-state index is -0.460. The van der Waals surface area contributed by atoms with Gasteiger partial charge in [0.05, 0.1) is 17.5 Å². The molecule has 2 amide bonds. The second-order valence-electron chi connectivity index (χ2n) is 8.51. The Hall–Kier alpha value is -3.21. The van der Waals surface area contributed by atoms with Crippen LogP contribution in [0.3, 0.4) is 0 Å². The Labute approximate surface area is 196 Å². The lowest BCUT2D eigenvalue weighted by Crippen LogP contribution is -2.20. The minimum Gasteiger partial charge on any atom is -0.461 e. The van der Waals surface area contributed by atoms with Gasteiger partial charge in [-0.05, 0) is 60.4 Å². The molecular formula is C28H33NO4. The van der Waals surface area contributed by atoms with Crippen molar-refractivity contribution in [2.75, 3.05) is 0 Å². The zero-order valence-corrected chi connectivity index (χ0v) is 19.5. The number of fused-ring (bicyclic) bond motifs is 1. The Morgan fingerprint density at radius 2 is 1.76 bits per heavy atom. The Bertz CT molecular complexity index is 1020. The summed E-state index contributed by atoms with van der Waals surface area (Å²) in [5.74, 6) is -1.31. The quantitative estimate of drug-likeness (QED) is 0.191. The van der Waals surface area contributed by atoms with Crippen LogP contribution in [0.2, 0.25) is 0 Å². The summed E-state index contributed by atoms with van der Waals surface area (Å²) >= 11 is 0. The summed E-state index contributed by atoms with van der Waals surface area (Å²) in [5.41, 5.74) is 4.72. The summed E-state index contributed by atoms with van der Waals surface area (Å²) in [5, 5.41) is 2.27. The number of imide groups is 1. The fraction of sp³-hybridized carbons (Fsp3) is 0.393. The van der Waals surface area contributed by atoms with Gasteiger partial charge in [-0.15, -0.1) is 6.58 Å². The van der Waals surface area contributed by atoms with E-state index in [0.29, 0.717) is 11.1 Å². The molecule has 0 bridgehead atoms. The zero-order chi connectivity index (χ0) is 23.6. The molecule has 0 spiro atoms. The Kier molecular flexibility index (Phi) is 8.99. The maximum atomic E-state index is 12.4. The molecule has 0 atom stereocenters. The van der Waals surface area contributed by atoms with E-state index >= 15 is 0 Å². The van der Waals surface area contributed by atoms with Crippen molar-refractivity contribution in [2.24, 2.45) is 0 Å². The van der Waals surface area contributed by atoms with E-state index in [2.05, 4.69) is 31.0 Å². The number of unbranched alkanes of at least 4 members (excludes halogenated alkanes) is 5. The molecule has 33 heavy (non-hydrogen) atoms. The molecular weight excluding hydrogens is 414 g/mol. The highest BCUT2D eigenvalue weighted by molar-refractivity contribution is 6.22. The zero-order valence-electron chi connectivity index (χ0n) is 19.5. The van der Waals surface area contributed by atoms with Crippen LogP contribution in [-0.4, -0.2) is 17.8 Å². The van der Waals surface area contributed by atoms with Crippen LogP contribution in [0.1, 0.15) is 88.4 Å². The van der Waals surface area contributed by atoms with Crippen LogP contribution in [-0.2, 0) is 35.4 Å². The lowest BCUT2D eigenvalue weighted by Gasteiger charge is -2.12. The van der Waals surface area contributed by atoms with Crippen molar-refractivity contribution in [3.63, 3.8) is 0 Å². The monoisotopic (exact) mass is 447 g/mol. The van der Waals surface area contributed by atoms with Crippen LogP contribution in [0.15, 0.2) is 49.1 Å². The summed E-state index contributed by atoms with van der Waals surface area (Å²) in [6.45, 7) is 6.10. The SMILES string of the molecule is C=CCCCCCCCc1ccc(COC(=O)Cc2cccc3c2C(=O)NC3=O)cc1CC. The molecule has 0 aliphatic carbocycles. The number of ether oxygens (including phenoxy) is 1. The van der Waals surface area contributed by atoms with E-state index in [9.17, 15) is 14.4 Å². The molecule has 3 rings (SSSR count). The summed E-state index contributed by atoms with van der Waals surface area (Å²) in [7, 11) is 0. The number of aryl methyl sites for hydroxylation is 2. The number of carbonyl (C=O) groups excluding carboxylic acids is 3. The van der Waals surface area contributed by atoms with Crippen LogP contribution >= 0.6 is 0 Å². The topological polar surface area (TPSA) is 72.5 Å². The highest BCUT2D eigenvalue weighted by Gasteiger charge is 2.29. The molecule has 0 saturated carbocycles. The summed E-state index contributed by atoms with van der Waals surface area (Å²) < 4.78 is 5.48. The largest absolute Gasteiger partial charge is 0.461 e. The van der Waals surface area contributed by atoms with Crippen LogP contribution in [0, 0.1) is 0 Å². The van der Waals surface area contributed by atoms with Gasteiger partial charge in [0, 0.05) is 0 Å². The minimum absolute atomic E-state index is 0.0462. The molecule has 0 radical (unpaired) electrons. The molecule has 5 nitrogen and oxygen atoms in total. The average Bonchev–Trinajstić information content (AvgIpc) is 3.11. The molecule has 1 N–H and O–H groups in total. The van der Waals surface area contributed by atoms with Crippen molar-refractivity contribution in [2.45, 2.75) is 71.3 Å². The third-order valence-corrected chi connectivity index (χ3v) is 6.09. The van der Waals surface area contributed by atoms with Gasteiger partial charge in [0.25, 0.3) is 11.8 Å². The molecule has 5 heteroatoms. The number of hydrogen-bond acceptors (Lipinski definition) is 4. The third-order valence-electron chi connectivity index (χ3n) is 6.09. The maximum Gasteiger partial charge on any atom is 0.310 e. The summed E-state index contributed by atoms with van der Waals surface area (Å²) in [6.07, 6.45) is 11.3. The van der Waals surface area contributed by atoms with Gasteiger partial charge in [-0.1, -0.05) is 62.6 Å². The van der Waals surface area contributed by atoms with Crippen molar-refractivity contribution in [1.82, 2.24) is 5.32 Å². The van der Waals surface area contributed by atoms with Gasteiger partial charge in [-0.3, -0.25) is 19.7 Å². The van der Waals surface area contributed by atoms with Crippen molar-refractivity contribution in [3.8, 4) is 0 Å². The molecule has 174 valence electrons. The van der Waals surface area contributed by atoms with E-state index in [1.165, 1.54) is 43.2 Å². The highest BCUT2D eigenvalue weighted by atomic mass is 16.5. The first kappa shape index (κ1) is 24.4. The number of allylic oxidation sites excluding steroid dienone is 1. The van der Waals surface area contributed by atoms with Gasteiger partial charge in [0.1, 0.15) is 6.61 Å². The normalized spacial score (nSPS) is 12.4. The predicted octanol–water partition coefficient (Wildman–Crippen LogP) is 5.49. The Morgan fingerprint density at radius 3 is 2.55 bits per heavy atom. The van der Waals surface area contributed by atoms with Crippen molar-refractivity contribution in [1.29, 1.82) is 0 Å². The van der Waals surface area contributed by atoms with E-state index in [-0.39, 0.29) is 18.6 Å². The first-order valence-corrected chi connectivity index (χ1v) is 11.9. The van der Waals surface area contributed by atoms with Gasteiger partial charge < -0.3 is 4.74 Å². The smallest absolute Gasteiger partial charge is 0.310 e. The number of benzene rings is 2. The summed E-state index contributed by atoms with van der Waals surface area (Å²) in [6, 6.07) is 11.2. The number of nitrogens with one attached hydrogen (secondary N) is 1. The van der Waals surface area contributed by atoms with Gasteiger partial charge in [-0.2, -0.15) is 0 Å². The van der Waals surface area contributed by atoms with Gasteiger partial charge in [0.2, 0.25) is 0 Å². The molecule has 1 aliphatic rings. The van der Waals surface area contributed by atoms with Gasteiger partial charge >= 0.3 is 5.97 Å². The Balaban J connectivity index is 1.50. The fourth-order valence-electron chi connectivity index (χ4n) is 4.28. The van der Waals surface area contributed by atoms with Crippen LogP contribution in [0.4, 0.5) is 0 Å². The Morgan fingerprint density at radius 1 is 0.970 bits per heavy atom. The lowest BCUT2D eigenvalue weighted by atomic mass is 9.97. The van der Waals surface area contributed by atoms with Crippen LogP contribution < -0.4 is 5.32 Å². The second kappa shape index (κ2) is 12.1. The number of carbonyl (C=O) groups is 3. The molecule has 2 aromatic rings. The second-order valence-corrected chi connectivity index (χ2v) is 8.51. The van der Waals surface area contributed by atoms with Crippen LogP contribution in [0.25, 0.3) is 0 Å². The van der Waals surface area contributed by atoms with Gasteiger partial charge in [0.15, 0.2) is 0 Å².